The molecule has 1 aromatic heterocycles. The molecular weight excluding hydrogens is 171 g/mol. The van der Waals surface area contributed by atoms with Crippen molar-refractivity contribution in [2.24, 2.45) is 4.99 Å². The highest BCUT2D eigenvalue weighted by atomic mass is 31.0. The van der Waals surface area contributed by atoms with Gasteiger partial charge in [-0.2, -0.15) is 0 Å². The Morgan fingerprint density at radius 2 is 2.67 bits per heavy atom. The fraction of sp³-hybridized carbons (Fsp3) is 0.143. The fourth-order valence-electron chi connectivity index (χ4n) is 0.856. The van der Waals surface area contributed by atoms with Gasteiger partial charge in [-0.05, 0) is 16.3 Å². The van der Waals surface area contributed by atoms with E-state index in [1.54, 1.807) is 6.33 Å². The van der Waals surface area contributed by atoms with Gasteiger partial charge in [-0.1, -0.05) is 6.58 Å². The van der Waals surface area contributed by atoms with Crippen LogP contribution in [0.1, 0.15) is 11.4 Å². The Morgan fingerprint density at radius 1 is 1.92 bits per heavy atom. The number of hydrogen-bond donors (Lipinski definition) is 2. The summed E-state index contributed by atoms with van der Waals surface area (Å²) in [6, 6.07) is 0. The number of amidine groups is 1. The summed E-state index contributed by atoms with van der Waals surface area (Å²) in [5, 5.41) is 2.86. The molecular formula is C7H11N4P. The predicted octanol–water partition coefficient (Wildman–Crippen LogP) is 0.988. The van der Waals surface area contributed by atoms with Crippen LogP contribution in [-0.2, 0) is 0 Å². The molecule has 4 nitrogen and oxygen atoms in total. The van der Waals surface area contributed by atoms with Gasteiger partial charge in [-0.15, -0.1) is 0 Å². The molecule has 0 aliphatic carbocycles. The standard InChI is InChI=1S/C7H11N4P/c1-3-8-7(11-12)6-5(2)9-4-10-6/h3-4H,1,12H2,2H3,(H,8,11)(H,9,10). The van der Waals surface area contributed by atoms with Crippen LogP contribution in [0.4, 0.5) is 0 Å². The maximum atomic E-state index is 4.10. The molecule has 1 atom stereocenters. The molecule has 0 aromatic carbocycles. The van der Waals surface area contributed by atoms with Crippen LogP contribution >= 0.6 is 9.39 Å². The number of H-pyrrole nitrogens is 1. The zero-order valence-corrected chi connectivity index (χ0v) is 7.99. The first-order chi connectivity index (χ1) is 5.79. The number of aromatic nitrogens is 2. The molecule has 1 unspecified atom stereocenters. The molecule has 1 rings (SSSR count). The molecule has 5 heteroatoms. The molecule has 1 heterocycles. The van der Waals surface area contributed by atoms with Crippen molar-refractivity contribution >= 4 is 15.2 Å². The Bertz CT molecular complexity index is 302. The lowest BCUT2D eigenvalue weighted by Crippen LogP contribution is -2.15. The fourth-order valence-corrected chi connectivity index (χ4v) is 1.07. The first-order valence-corrected chi connectivity index (χ1v) is 4.03. The predicted molar refractivity (Wildman–Crippen MR) is 52.9 cm³/mol. The number of imidazole rings is 1. The maximum absolute atomic E-state index is 4.10. The van der Waals surface area contributed by atoms with Gasteiger partial charge >= 0.3 is 0 Å². The highest BCUT2D eigenvalue weighted by Gasteiger charge is 2.05. The zero-order valence-electron chi connectivity index (χ0n) is 6.83. The third-order valence-electron chi connectivity index (χ3n) is 1.41. The van der Waals surface area contributed by atoms with Crippen molar-refractivity contribution in [2.75, 3.05) is 0 Å². The van der Waals surface area contributed by atoms with E-state index in [1.165, 1.54) is 6.20 Å². The second kappa shape index (κ2) is 4.02. The van der Waals surface area contributed by atoms with Crippen molar-refractivity contribution in [1.29, 1.82) is 0 Å². The number of nitrogens with zero attached hydrogens (tertiary/aromatic N) is 2. The number of aryl methyl sites for hydroxylation is 1. The third kappa shape index (κ3) is 1.71. The molecule has 0 spiro atoms. The summed E-state index contributed by atoms with van der Waals surface area (Å²) in [5.74, 6) is 0.689. The Morgan fingerprint density at radius 3 is 3.08 bits per heavy atom. The number of hydrogen-bond acceptors (Lipinski definition) is 2. The lowest BCUT2D eigenvalue weighted by Gasteiger charge is -2.00. The van der Waals surface area contributed by atoms with Crippen molar-refractivity contribution in [3.8, 4) is 0 Å². The molecule has 0 saturated heterocycles. The summed E-state index contributed by atoms with van der Waals surface area (Å²) in [6.07, 6.45) is 3.10. The van der Waals surface area contributed by atoms with Crippen LogP contribution < -0.4 is 5.09 Å². The van der Waals surface area contributed by atoms with E-state index in [0.717, 1.165) is 11.4 Å². The number of nitrogens with one attached hydrogen (secondary N) is 2. The van der Waals surface area contributed by atoms with Crippen LogP contribution in [0.3, 0.4) is 0 Å². The summed E-state index contributed by atoms with van der Waals surface area (Å²) >= 11 is 0. The molecule has 2 N–H and O–H groups in total. The number of aliphatic imine (C=N–C) groups is 1. The van der Waals surface area contributed by atoms with Gasteiger partial charge in [0.25, 0.3) is 0 Å². The first kappa shape index (κ1) is 8.94. The molecule has 0 amide bonds. The van der Waals surface area contributed by atoms with Gasteiger partial charge in [0, 0.05) is 11.9 Å². The lowest BCUT2D eigenvalue weighted by molar-refractivity contribution is 1.25. The van der Waals surface area contributed by atoms with Crippen molar-refractivity contribution in [3.63, 3.8) is 0 Å². The number of rotatable bonds is 2. The molecule has 0 saturated carbocycles. The SMILES string of the molecule is C=C/N=C(/NP)c1nc[nH]c1C. The van der Waals surface area contributed by atoms with Crippen molar-refractivity contribution in [3.05, 3.63) is 30.5 Å². The minimum absolute atomic E-state index is 0.689. The second-order valence-corrected chi connectivity index (χ2v) is 2.47. The van der Waals surface area contributed by atoms with Crippen molar-refractivity contribution in [2.45, 2.75) is 6.92 Å². The average Bonchev–Trinajstić information content (AvgIpc) is 2.47. The average molecular weight is 182 g/mol. The quantitative estimate of drug-likeness (QED) is 0.407. The molecule has 0 aliphatic heterocycles. The Balaban J connectivity index is 3.02. The van der Waals surface area contributed by atoms with Crippen LogP contribution in [0.15, 0.2) is 24.1 Å². The van der Waals surface area contributed by atoms with Gasteiger partial charge in [-0.25, -0.2) is 9.98 Å². The molecule has 12 heavy (non-hydrogen) atoms. The highest BCUT2D eigenvalue weighted by molar-refractivity contribution is 7.15. The van der Waals surface area contributed by atoms with E-state index in [4.69, 9.17) is 0 Å². The summed E-state index contributed by atoms with van der Waals surface area (Å²) in [6.45, 7) is 5.45. The monoisotopic (exact) mass is 182 g/mol. The molecule has 1 aromatic rings. The molecule has 0 radical (unpaired) electrons. The summed E-state index contributed by atoms with van der Waals surface area (Å²) in [7, 11) is 2.37. The Labute approximate surface area is 73.5 Å². The van der Waals surface area contributed by atoms with Gasteiger partial charge in [0.2, 0.25) is 0 Å². The van der Waals surface area contributed by atoms with Gasteiger partial charge in [0.05, 0.1) is 6.33 Å². The van der Waals surface area contributed by atoms with E-state index in [0.29, 0.717) is 5.84 Å². The van der Waals surface area contributed by atoms with E-state index in [2.05, 4.69) is 36.0 Å². The molecule has 0 aliphatic rings. The smallest absolute Gasteiger partial charge is 0.156 e. The highest BCUT2D eigenvalue weighted by Crippen LogP contribution is 2.02. The van der Waals surface area contributed by atoms with E-state index in [1.807, 2.05) is 6.92 Å². The van der Waals surface area contributed by atoms with Crippen LogP contribution in [0, 0.1) is 6.92 Å². The summed E-state index contributed by atoms with van der Waals surface area (Å²) in [4.78, 5) is 11.1. The maximum Gasteiger partial charge on any atom is 0.156 e. The molecule has 0 bridgehead atoms. The summed E-state index contributed by atoms with van der Waals surface area (Å²) in [5.41, 5.74) is 1.79. The van der Waals surface area contributed by atoms with Gasteiger partial charge in [0.1, 0.15) is 5.69 Å². The normalized spacial score (nSPS) is 11.3. The minimum Gasteiger partial charge on any atom is -0.353 e. The largest absolute Gasteiger partial charge is 0.353 e. The van der Waals surface area contributed by atoms with E-state index in [-0.39, 0.29) is 0 Å². The van der Waals surface area contributed by atoms with Crippen LogP contribution in [-0.4, -0.2) is 15.8 Å². The van der Waals surface area contributed by atoms with Crippen molar-refractivity contribution in [1.82, 2.24) is 15.1 Å². The zero-order chi connectivity index (χ0) is 8.97. The Kier molecular flexibility index (Phi) is 3.00. The minimum atomic E-state index is 0.689. The van der Waals surface area contributed by atoms with Crippen LogP contribution in [0.2, 0.25) is 0 Å². The third-order valence-corrected chi connectivity index (χ3v) is 1.68. The van der Waals surface area contributed by atoms with Gasteiger partial charge < -0.3 is 10.1 Å². The van der Waals surface area contributed by atoms with Gasteiger partial charge in [0.15, 0.2) is 5.84 Å². The first-order valence-electron chi connectivity index (χ1n) is 3.45. The Hall–Kier alpha value is -1.15. The van der Waals surface area contributed by atoms with E-state index in [9.17, 15) is 0 Å². The summed E-state index contributed by atoms with van der Waals surface area (Å²) < 4.78 is 0. The van der Waals surface area contributed by atoms with Crippen LogP contribution in [0.5, 0.6) is 0 Å². The topological polar surface area (TPSA) is 53.1 Å². The second-order valence-electron chi connectivity index (χ2n) is 2.18. The lowest BCUT2D eigenvalue weighted by atomic mass is 10.3. The number of aromatic amines is 1. The van der Waals surface area contributed by atoms with Crippen LogP contribution in [0.25, 0.3) is 0 Å². The van der Waals surface area contributed by atoms with Crippen molar-refractivity contribution < 1.29 is 0 Å². The molecule has 64 valence electrons. The molecule has 0 fully saturated rings. The van der Waals surface area contributed by atoms with E-state index < -0.39 is 0 Å². The van der Waals surface area contributed by atoms with Gasteiger partial charge in [-0.3, -0.25) is 0 Å². The van der Waals surface area contributed by atoms with E-state index >= 15 is 0 Å².